The number of nitrogens with one attached hydrogen (secondary N) is 3. The van der Waals surface area contributed by atoms with Gasteiger partial charge in [-0.25, -0.2) is 4.39 Å². The van der Waals surface area contributed by atoms with Crippen LogP contribution in [-0.2, 0) is 16.0 Å². The highest BCUT2D eigenvalue weighted by Gasteiger charge is 2.15. The Morgan fingerprint density at radius 2 is 1.65 bits per heavy atom. The average Bonchev–Trinajstić information content (AvgIpc) is 3.10. The summed E-state index contributed by atoms with van der Waals surface area (Å²) in [6.45, 7) is 1.43. The SMILES string of the molecule is CC(=O)Nc1cccc(NC(=O)CCc2c(-c3ccccc3)[nH]c3ccc(F)cc23)c1. The molecule has 156 valence electrons. The molecule has 0 aliphatic heterocycles. The van der Waals surface area contributed by atoms with Crippen LogP contribution in [0.15, 0.2) is 72.8 Å². The molecule has 3 aromatic carbocycles. The van der Waals surface area contributed by atoms with E-state index < -0.39 is 0 Å². The van der Waals surface area contributed by atoms with E-state index in [0.29, 0.717) is 17.8 Å². The molecule has 0 aliphatic carbocycles. The predicted molar refractivity (Wildman–Crippen MR) is 121 cm³/mol. The fraction of sp³-hybridized carbons (Fsp3) is 0.120. The highest BCUT2D eigenvalue weighted by molar-refractivity contribution is 5.95. The number of carbonyl (C=O) groups is 2. The zero-order valence-electron chi connectivity index (χ0n) is 17.0. The van der Waals surface area contributed by atoms with E-state index in [-0.39, 0.29) is 24.1 Å². The number of benzene rings is 3. The second kappa shape index (κ2) is 8.83. The van der Waals surface area contributed by atoms with Crippen molar-refractivity contribution in [3.8, 4) is 11.3 Å². The Morgan fingerprint density at radius 3 is 2.39 bits per heavy atom. The molecule has 0 spiro atoms. The van der Waals surface area contributed by atoms with Crippen LogP contribution in [-0.4, -0.2) is 16.8 Å². The van der Waals surface area contributed by atoms with Gasteiger partial charge in [-0.3, -0.25) is 9.59 Å². The third-order valence-corrected chi connectivity index (χ3v) is 5.00. The van der Waals surface area contributed by atoms with Gasteiger partial charge >= 0.3 is 0 Å². The molecule has 0 aliphatic rings. The Morgan fingerprint density at radius 1 is 0.903 bits per heavy atom. The van der Waals surface area contributed by atoms with Crippen LogP contribution < -0.4 is 10.6 Å². The molecule has 2 amide bonds. The van der Waals surface area contributed by atoms with Gasteiger partial charge in [-0.1, -0.05) is 36.4 Å². The molecular formula is C25H22FN3O2. The van der Waals surface area contributed by atoms with Gasteiger partial charge in [0.25, 0.3) is 0 Å². The highest BCUT2D eigenvalue weighted by atomic mass is 19.1. The monoisotopic (exact) mass is 415 g/mol. The van der Waals surface area contributed by atoms with Crippen LogP contribution in [0.3, 0.4) is 0 Å². The van der Waals surface area contributed by atoms with Gasteiger partial charge < -0.3 is 15.6 Å². The third-order valence-electron chi connectivity index (χ3n) is 5.00. The molecule has 0 saturated carbocycles. The Hall–Kier alpha value is -3.93. The number of anilines is 2. The fourth-order valence-corrected chi connectivity index (χ4v) is 3.67. The summed E-state index contributed by atoms with van der Waals surface area (Å²) in [4.78, 5) is 27.2. The molecule has 0 radical (unpaired) electrons. The average molecular weight is 415 g/mol. The smallest absolute Gasteiger partial charge is 0.224 e. The molecule has 4 aromatic rings. The molecule has 0 fully saturated rings. The summed E-state index contributed by atoms with van der Waals surface area (Å²) in [5.74, 6) is -0.653. The molecule has 3 N–H and O–H groups in total. The van der Waals surface area contributed by atoms with E-state index in [2.05, 4.69) is 15.6 Å². The van der Waals surface area contributed by atoms with Gasteiger partial charge in [0.1, 0.15) is 5.82 Å². The van der Waals surface area contributed by atoms with Crippen molar-refractivity contribution in [2.45, 2.75) is 19.8 Å². The van der Waals surface area contributed by atoms with Crippen LogP contribution in [0, 0.1) is 5.82 Å². The molecule has 1 heterocycles. The number of rotatable bonds is 6. The highest BCUT2D eigenvalue weighted by Crippen LogP contribution is 2.32. The minimum absolute atomic E-state index is 0.162. The fourth-order valence-electron chi connectivity index (χ4n) is 3.67. The molecule has 0 bridgehead atoms. The summed E-state index contributed by atoms with van der Waals surface area (Å²) >= 11 is 0. The minimum atomic E-state index is -0.313. The van der Waals surface area contributed by atoms with Gasteiger partial charge in [0.2, 0.25) is 11.8 Å². The van der Waals surface area contributed by atoms with E-state index in [0.717, 1.165) is 27.7 Å². The Labute approximate surface area is 179 Å². The number of aromatic nitrogens is 1. The van der Waals surface area contributed by atoms with Crippen molar-refractivity contribution in [2.24, 2.45) is 0 Å². The number of carbonyl (C=O) groups excluding carboxylic acids is 2. The minimum Gasteiger partial charge on any atom is -0.354 e. The van der Waals surface area contributed by atoms with Crippen LogP contribution in [0.1, 0.15) is 18.9 Å². The molecule has 0 unspecified atom stereocenters. The van der Waals surface area contributed by atoms with Gasteiger partial charge in [0, 0.05) is 41.3 Å². The summed E-state index contributed by atoms with van der Waals surface area (Å²) in [6.07, 6.45) is 0.679. The quantitative estimate of drug-likeness (QED) is 0.389. The van der Waals surface area contributed by atoms with E-state index in [1.807, 2.05) is 30.3 Å². The molecule has 0 atom stereocenters. The third kappa shape index (κ3) is 4.80. The number of aryl methyl sites for hydroxylation is 1. The number of hydrogen-bond acceptors (Lipinski definition) is 2. The van der Waals surface area contributed by atoms with E-state index in [9.17, 15) is 14.0 Å². The largest absolute Gasteiger partial charge is 0.354 e. The number of amides is 2. The van der Waals surface area contributed by atoms with Crippen LogP contribution >= 0.6 is 0 Å². The standard InChI is InChI=1S/C25H22FN3O2/c1-16(30)27-19-8-5-9-20(15-19)28-24(31)13-11-21-22-14-18(26)10-12-23(22)29-25(21)17-6-3-2-4-7-17/h2-10,12,14-15,29H,11,13H2,1H3,(H,27,30)(H,28,31). The first-order chi connectivity index (χ1) is 15.0. The second-order valence-electron chi connectivity index (χ2n) is 7.34. The van der Waals surface area contributed by atoms with E-state index in [4.69, 9.17) is 0 Å². The van der Waals surface area contributed by atoms with Crippen LogP contribution in [0.4, 0.5) is 15.8 Å². The number of hydrogen-bond donors (Lipinski definition) is 3. The van der Waals surface area contributed by atoms with Crippen molar-refractivity contribution in [2.75, 3.05) is 10.6 Å². The Bertz CT molecular complexity index is 1250. The number of H-pyrrole nitrogens is 1. The lowest BCUT2D eigenvalue weighted by Gasteiger charge is -2.09. The lowest BCUT2D eigenvalue weighted by atomic mass is 10.0. The summed E-state index contributed by atoms with van der Waals surface area (Å²) < 4.78 is 13.9. The van der Waals surface area contributed by atoms with Crippen molar-refractivity contribution in [3.05, 3.63) is 84.2 Å². The summed E-state index contributed by atoms with van der Waals surface area (Å²) in [7, 11) is 0. The molecule has 31 heavy (non-hydrogen) atoms. The molecule has 0 saturated heterocycles. The van der Waals surface area contributed by atoms with Crippen molar-refractivity contribution < 1.29 is 14.0 Å². The maximum atomic E-state index is 13.9. The molecule has 6 heteroatoms. The van der Waals surface area contributed by atoms with Crippen molar-refractivity contribution in [3.63, 3.8) is 0 Å². The topological polar surface area (TPSA) is 74.0 Å². The number of fused-ring (bicyclic) bond motifs is 1. The Kier molecular flexibility index (Phi) is 5.80. The first-order valence-electron chi connectivity index (χ1n) is 10.0. The Balaban J connectivity index is 1.55. The summed E-state index contributed by atoms with van der Waals surface area (Å²) in [6, 6.07) is 21.4. The van der Waals surface area contributed by atoms with Crippen LogP contribution in [0.2, 0.25) is 0 Å². The van der Waals surface area contributed by atoms with Crippen LogP contribution in [0.25, 0.3) is 22.2 Å². The summed E-state index contributed by atoms with van der Waals surface area (Å²) in [5, 5.41) is 6.33. The number of halogens is 1. The van der Waals surface area contributed by atoms with Gasteiger partial charge in [0.05, 0.1) is 0 Å². The second-order valence-corrected chi connectivity index (χ2v) is 7.34. The molecule has 1 aromatic heterocycles. The van der Waals surface area contributed by atoms with E-state index in [1.165, 1.54) is 19.1 Å². The van der Waals surface area contributed by atoms with Crippen molar-refractivity contribution in [1.82, 2.24) is 4.98 Å². The maximum Gasteiger partial charge on any atom is 0.224 e. The van der Waals surface area contributed by atoms with E-state index in [1.54, 1.807) is 30.3 Å². The molecular weight excluding hydrogens is 393 g/mol. The number of aromatic amines is 1. The van der Waals surface area contributed by atoms with Crippen LogP contribution in [0.5, 0.6) is 0 Å². The molecule has 5 nitrogen and oxygen atoms in total. The van der Waals surface area contributed by atoms with Gasteiger partial charge in [-0.05, 0) is 53.9 Å². The lowest BCUT2D eigenvalue weighted by molar-refractivity contribution is -0.116. The van der Waals surface area contributed by atoms with Gasteiger partial charge in [-0.2, -0.15) is 0 Å². The van der Waals surface area contributed by atoms with E-state index >= 15 is 0 Å². The van der Waals surface area contributed by atoms with Gasteiger partial charge in [-0.15, -0.1) is 0 Å². The first-order valence-corrected chi connectivity index (χ1v) is 10.0. The summed E-state index contributed by atoms with van der Waals surface area (Å²) in [5.41, 5.74) is 4.83. The zero-order chi connectivity index (χ0) is 21.8. The maximum absolute atomic E-state index is 13.9. The van der Waals surface area contributed by atoms with Crippen molar-refractivity contribution >= 4 is 34.1 Å². The normalized spacial score (nSPS) is 10.8. The predicted octanol–water partition coefficient (Wildman–Crippen LogP) is 5.50. The van der Waals surface area contributed by atoms with Crippen molar-refractivity contribution in [1.29, 1.82) is 0 Å². The lowest BCUT2D eigenvalue weighted by Crippen LogP contribution is -2.13. The first kappa shape index (κ1) is 20.3. The van der Waals surface area contributed by atoms with Gasteiger partial charge in [0.15, 0.2) is 0 Å². The zero-order valence-corrected chi connectivity index (χ0v) is 17.0. The molecule has 4 rings (SSSR count).